The Morgan fingerprint density at radius 1 is 1.33 bits per heavy atom. The summed E-state index contributed by atoms with van der Waals surface area (Å²) < 4.78 is 0. The Balaban J connectivity index is 2.42. The molecule has 0 aromatic carbocycles. The average molecular weight is 169 g/mol. The van der Waals surface area contributed by atoms with Crippen LogP contribution in [0.25, 0.3) is 0 Å². The molecule has 1 rings (SSSR count). The van der Waals surface area contributed by atoms with E-state index in [0.717, 1.165) is 12.0 Å². The minimum Gasteiger partial charge on any atom is -0.301 e. The standard InChI is InChI=1S/C11H23N/c1-4-11-7-5-6-8-12(9-11)10(2)3/h10-11H,4-9H2,1-3H3. The molecule has 0 saturated carbocycles. The maximum Gasteiger partial charge on any atom is 0.00387 e. The molecular weight excluding hydrogens is 146 g/mol. The normalized spacial score (nSPS) is 27.5. The van der Waals surface area contributed by atoms with Crippen molar-refractivity contribution >= 4 is 0 Å². The number of rotatable bonds is 2. The molecule has 1 atom stereocenters. The summed E-state index contributed by atoms with van der Waals surface area (Å²) in [5, 5.41) is 0. The summed E-state index contributed by atoms with van der Waals surface area (Å²) in [5.41, 5.74) is 0. The van der Waals surface area contributed by atoms with Crippen molar-refractivity contribution in [1.82, 2.24) is 4.90 Å². The molecule has 72 valence electrons. The van der Waals surface area contributed by atoms with E-state index in [1.165, 1.54) is 38.8 Å². The maximum atomic E-state index is 2.64. The van der Waals surface area contributed by atoms with Gasteiger partial charge >= 0.3 is 0 Å². The van der Waals surface area contributed by atoms with Gasteiger partial charge in [0.2, 0.25) is 0 Å². The highest BCUT2D eigenvalue weighted by Crippen LogP contribution is 2.20. The predicted molar refractivity (Wildman–Crippen MR) is 54.3 cm³/mol. The summed E-state index contributed by atoms with van der Waals surface area (Å²) in [7, 11) is 0. The molecule has 1 fully saturated rings. The van der Waals surface area contributed by atoms with E-state index in [-0.39, 0.29) is 0 Å². The molecule has 1 nitrogen and oxygen atoms in total. The second kappa shape index (κ2) is 4.86. The van der Waals surface area contributed by atoms with Crippen molar-refractivity contribution in [3.63, 3.8) is 0 Å². The SMILES string of the molecule is CCC1CCCCN(C(C)C)C1. The fourth-order valence-corrected chi connectivity index (χ4v) is 2.06. The first kappa shape index (κ1) is 10.0. The van der Waals surface area contributed by atoms with Crippen molar-refractivity contribution in [2.24, 2.45) is 5.92 Å². The maximum absolute atomic E-state index is 2.64. The third kappa shape index (κ3) is 2.78. The molecule has 1 aliphatic heterocycles. The van der Waals surface area contributed by atoms with Crippen LogP contribution < -0.4 is 0 Å². The molecule has 1 heterocycles. The van der Waals surface area contributed by atoms with Gasteiger partial charge in [-0.25, -0.2) is 0 Å². The number of nitrogens with zero attached hydrogens (tertiary/aromatic N) is 1. The van der Waals surface area contributed by atoms with Crippen molar-refractivity contribution < 1.29 is 0 Å². The first-order chi connectivity index (χ1) is 5.74. The molecule has 0 aromatic rings. The Labute approximate surface area is 77.1 Å². The zero-order valence-electron chi connectivity index (χ0n) is 8.84. The fraction of sp³-hybridized carbons (Fsp3) is 1.00. The van der Waals surface area contributed by atoms with Crippen LogP contribution in [-0.2, 0) is 0 Å². The second-order valence-electron chi connectivity index (χ2n) is 4.36. The van der Waals surface area contributed by atoms with Crippen LogP contribution in [0.4, 0.5) is 0 Å². The van der Waals surface area contributed by atoms with Gasteiger partial charge in [-0.1, -0.05) is 19.8 Å². The lowest BCUT2D eigenvalue weighted by Gasteiger charge is -2.27. The van der Waals surface area contributed by atoms with Crippen LogP contribution in [0.2, 0.25) is 0 Å². The third-order valence-corrected chi connectivity index (χ3v) is 3.11. The molecule has 0 aliphatic carbocycles. The van der Waals surface area contributed by atoms with E-state index in [4.69, 9.17) is 0 Å². The van der Waals surface area contributed by atoms with E-state index in [1.54, 1.807) is 0 Å². The van der Waals surface area contributed by atoms with Crippen LogP contribution in [0.3, 0.4) is 0 Å². The Morgan fingerprint density at radius 2 is 2.08 bits per heavy atom. The summed E-state index contributed by atoms with van der Waals surface area (Å²) in [6.07, 6.45) is 5.68. The zero-order chi connectivity index (χ0) is 8.97. The van der Waals surface area contributed by atoms with E-state index >= 15 is 0 Å². The quantitative estimate of drug-likeness (QED) is 0.614. The van der Waals surface area contributed by atoms with Gasteiger partial charge in [-0.3, -0.25) is 0 Å². The second-order valence-corrected chi connectivity index (χ2v) is 4.36. The predicted octanol–water partition coefficient (Wildman–Crippen LogP) is 2.91. The van der Waals surface area contributed by atoms with E-state index in [2.05, 4.69) is 25.7 Å². The van der Waals surface area contributed by atoms with E-state index in [1.807, 2.05) is 0 Å². The first-order valence-corrected chi connectivity index (χ1v) is 5.48. The monoisotopic (exact) mass is 169 g/mol. The molecule has 1 heteroatoms. The summed E-state index contributed by atoms with van der Waals surface area (Å²) in [5.74, 6) is 0.967. The van der Waals surface area contributed by atoms with Crippen molar-refractivity contribution in [2.45, 2.75) is 52.5 Å². The molecule has 0 N–H and O–H groups in total. The highest BCUT2D eigenvalue weighted by atomic mass is 15.1. The van der Waals surface area contributed by atoms with Gasteiger partial charge in [-0.15, -0.1) is 0 Å². The van der Waals surface area contributed by atoms with Crippen molar-refractivity contribution in [3.05, 3.63) is 0 Å². The van der Waals surface area contributed by atoms with Gasteiger partial charge in [-0.05, 0) is 39.2 Å². The van der Waals surface area contributed by atoms with E-state index in [0.29, 0.717) is 0 Å². The lowest BCUT2D eigenvalue weighted by Crippen LogP contribution is -2.34. The highest BCUT2D eigenvalue weighted by Gasteiger charge is 2.17. The number of likely N-dealkylation sites (tertiary alicyclic amines) is 1. The number of hydrogen-bond acceptors (Lipinski definition) is 1. The Bertz CT molecular complexity index is 120. The molecule has 12 heavy (non-hydrogen) atoms. The van der Waals surface area contributed by atoms with Crippen molar-refractivity contribution in [2.75, 3.05) is 13.1 Å². The van der Waals surface area contributed by atoms with Crippen LogP contribution >= 0.6 is 0 Å². The fourth-order valence-electron chi connectivity index (χ4n) is 2.06. The molecule has 0 amide bonds. The van der Waals surface area contributed by atoms with Gasteiger partial charge in [-0.2, -0.15) is 0 Å². The molecule has 0 spiro atoms. The summed E-state index contributed by atoms with van der Waals surface area (Å²) in [6.45, 7) is 9.63. The molecule has 1 saturated heterocycles. The lowest BCUT2D eigenvalue weighted by atomic mass is 10.0. The summed E-state index contributed by atoms with van der Waals surface area (Å²) in [6, 6.07) is 0.747. The van der Waals surface area contributed by atoms with Crippen LogP contribution in [0.15, 0.2) is 0 Å². The first-order valence-electron chi connectivity index (χ1n) is 5.48. The smallest absolute Gasteiger partial charge is 0.00387 e. The Morgan fingerprint density at radius 3 is 2.67 bits per heavy atom. The lowest BCUT2D eigenvalue weighted by molar-refractivity contribution is 0.200. The summed E-state index contributed by atoms with van der Waals surface area (Å²) >= 11 is 0. The van der Waals surface area contributed by atoms with Crippen molar-refractivity contribution in [1.29, 1.82) is 0 Å². The number of hydrogen-bond donors (Lipinski definition) is 0. The largest absolute Gasteiger partial charge is 0.301 e. The Kier molecular flexibility index (Phi) is 4.07. The zero-order valence-corrected chi connectivity index (χ0v) is 8.84. The highest BCUT2D eigenvalue weighted by molar-refractivity contribution is 4.72. The van der Waals surface area contributed by atoms with E-state index < -0.39 is 0 Å². The van der Waals surface area contributed by atoms with Gasteiger partial charge in [0.05, 0.1) is 0 Å². The van der Waals surface area contributed by atoms with Gasteiger partial charge in [0.25, 0.3) is 0 Å². The van der Waals surface area contributed by atoms with E-state index in [9.17, 15) is 0 Å². The molecular formula is C11H23N. The minimum absolute atomic E-state index is 0.747. The van der Waals surface area contributed by atoms with Crippen molar-refractivity contribution in [3.8, 4) is 0 Å². The van der Waals surface area contributed by atoms with Crippen LogP contribution in [-0.4, -0.2) is 24.0 Å². The summed E-state index contributed by atoms with van der Waals surface area (Å²) in [4.78, 5) is 2.64. The molecule has 1 aliphatic rings. The molecule has 0 radical (unpaired) electrons. The van der Waals surface area contributed by atoms with Crippen LogP contribution in [0.5, 0.6) is 0 Å². The molecule has 0 bridgehead atoms. The van der Waals surface area contributed by atoms with Gasteiger partial charge < -0.3 is 4.90 Å². The topological polar surface area (TPSA) is 3.24 Å². The van der Waals surface area contributed by atoms with Gasteiger partial charge in [0.1, 0.15) is 0 Å². The van der Waals surface area contributed by atoms with Gasteiger partial charge in [0.15, 0.2) is 0 Å². The minimum atomic E-state index is 0.747. The average Bonchev–Trinajstić information content (AvgIpc) is 2.28. The third-order valence-electron chi connectivity index (χ3n) is 3.11. The molecule has 1 unspecified atom stereocenters. The van der Waals surface area contributed by atoms with Crippen LogP contribution in [0.1, 0.15) is 46.5 Å². The Hall–Kier alpha value is -0.0400. The van der Waals surface area contributed by atoms with Gasteiger partial charge in [0, 0.05) is 12.6 Å². The molecule has 0 aromatic heterocycles. The van der Waals surface area contributed by atoms with Crippen LogP contribution in [0, 0.1) is 5.92 Å².